The van der Waals surface area contributed by atoms with Crippen molar-refractivity contribution in [2.75, 3.05) is 19.7 Å². The number of ether oxygens (including phenoxy) is 1. The maximum absolute atomic E-state index is 12.3. The number of nitrogens with zero attached hydrogens (tertiary/aromatic N) is 1. The molecular formula is C13H18N2O2. The molecule has 0 bridgehead atoms. The van der Waals surface area contributed by atoms with Gasteiger partial charge in [0.25, 0.3) is 5.91 Å². The molecule has 0 spiro atoms. The Morgan fingerprint density at radius 2 is 2.18 bits per heavy atom. The first-order chi connectivity index (χ1) is 8.22. The van der Waals surface area contributed by atoms with Gasteiger partial charge in [0, 0.05) is 18.7 Å². The molecule has 1 heterocycles. The first-order valence-corrected chi connectivity index (χ1v) is 5.90. The van der Waals surface area contributed by atoms with Crippen molar-refractivity contribution in [3.05, 3.63) is 35.9 Å². The monoisotopic (exact) mass is 234 g/mol. The predicted octanol–water partition coefficient (Wildman–Crippen LogP) is 0.875. The van der Waals surface area contributed by atoms with Crippen molar-refractivity contribution in [2.45, 2.75) is 19.1 Å². The van der Waals surface area contributed by atoms with Gasteiger partial charge in [0.15, 0.2) is 0 Å². The molecule has 1 aromatic rings. The van der Waals surface area contributed by atoms with Crippen LogP contribution >= 0.6 is 0 Å². The second-order valence-electron chi connectivity index (χ2n) is 4.36. The van der Waals surface area contributed by atoms with E-state index >= 15 is 0 Å². The van der Waals surface area contributed by atoms with E-state index in [0.29, 0.717) is 19.7 Å². The minimum atomic E-state index is -0.0427. The smallest absolute Gasteiger partial charge is 0.254 e. The van der Waals surface area contributed by atoms with Crippen molar-refractivity contribution in [3.8, 4) is 0 Å². The number of carbonyl (C=O) groups excluding carboxylic acids is 1. The molecule has 0 saturated carbocycles. The maximum Gasteiger partial charge on any atom is 0.254 e. The molecule has 1 amide bonds. The SMILES string of the molecule is CC1COC(CN)CN1C(=O)c1ccccc1. The van der Waals surface area contributed by atoms with Crippen molar-refractivity contribution in [1.29, 1.82) is 0 Å². The number of hydrogen-bond acceptors (Lipinski definition) is 3. The van der Waals surface area contributed by atoms with Gasteiger partial charge in [0.05, 0.1) is 18.8 Å². The van der Waals surface area contributed by atoms with Crippen LogP contribution in [-0.4, -0.2) is 42.6 Å². The van der Waals surface area contributed by atoms with Crippen LogP contribution in [0.2, 0.25) is 0 Å². The van der Waals surface area contributed by atoms with Gasteiger partial charge in [-0.25, -0.2) is 0 Å². The van der Waals surface area contributed by atoms with Crippen molar-refractivity contribution >= 4 is 5.91 Å². The summed E-state index contributed by atoms with van der Waals surface area (Å²) in [5.41, 5.74) is 6.31. The summed E-state index contributed by atoms with van der Waals surface area (Å²) in [6.45, 7) is 3.57. The van der Waals surface area contributed by atoms with Gasteiger partial charge in [-0.15, -0.1) is 0 Å². The third kappa shape index (κ3) is 2.65. The van der Waals surface area contributed by atoms with E-state index in [1.54, 1.807) is 0 Å². The van der Waals surface area contributed by atoms with Crippen LogP contribution in [0.1, 0.15) is 17.3 Å². The number of amides is 1. The van der Waals surface area contributed by atoms with Crippen LogP contribution in [0.25, 0.3) is 0 Å². The highest BCUT2D eigenvalue weighted by Gasteiger charge is 2.29. The minimum absolute atomic E-state index is 0.0427. The first-order valence-electron chi connectivity index (χ1n) is 5.90. The Morgan fingerprint density at radius 1 is 1.47 bits per heavy atom. The Balaban J connectivity index is 2.12. The van der Waals surface area contributed by atoms with Gasteiger partial charge < -0.3 is 15.4 Å². The lowest BCUT2D eigenvalue weighted by Crippen LogP contribution is -2.52. The second kappa shape index (κ2) is 5.29. The fourth-order valence-corrected chi connectivity index (χ4v) is 1.99. The van der Waals surface area contributed by atoms with Gasteiger partial charge in [-0.2, -0.15) is 0 Å². The Kier molecular flexibility index (Phi) is 3.76. The summed E-state index contributed by atoms with van der Waals surface area (Å²) in [7, 11) is 0. The summed E-state index contributed by atoms with van der Waals surface area (Å²) in [4.78, 5) is 14.1. The Morgan fingerprint density at radius 3 is 2.82 bits per heavy atom. The number of morpholine rings is 1. The molecule has 4 nitrogen and oxygen atoms in total. The van der Waals surface area contributed by atoms with E-state index in [9.17, 15) is 4.79 Å². The molecule has 1 aromatic carbocycles. The lowest BCUT2D eigenvalue weighted by atomic mass is 10.1. The standard InChI is InChI=1S/C13H18N2O2/c1-10-9-17-12(7-14)8-15(10)13(16)11-5-3-2-4-6-11/h2-6,10,12H,7-9,14H2,1H3. The van der Waals surface area contributed by atoms with Gasteiger partial charge >= 0.3 is 0 Å². The van der Waals surface area contributed by atoms with Crippen LogP contribution in [0.4, 0.5) is 0 Å². The highest BCUT2D eigenvalue weighted by atomic mass is 16.5. The Labute approximate surface area is 101 Å². The zero-order chi connectivity index (χ0) is 12.3. The van der Waals surface area contributed by atoms with E-state index < -0.39 is 0 Å². The van der Waals surface area contributed by atoms with Crippen LogP contribution < -0.4 is 5.73 Å². The molecule has 2 unspecified atom stereocenters. The Bertz CT molecular complexity index is 380. The van der Waals surface area contributed by atoms with Crippen molar-refractivity contribution < 1.29 is 9.53 Å². The molecule has 0 aliphatic carbocycles. The van der Waals surface area contributed by atoms with Gasteiger partial charge in [0.1, 0.15) is 0 Å². The maximum atomic E-state index is 12.3. The highest BCUT2D eigenvalue weighted by Crippen LogP contribution is 2.15. The lowest BCUT2D eigenvalue weighted by Gasteiger charge is -2.37. The normalized spacial score (nSPS) is 24.7. The van der Waals surface area contributed by atoms with Gasteiger partial charge in [-0.1, -0.05) is 18.2 Å². The average molecular weight is 234 g/mol. The fourth-order valence-electron chi connectivity index (χ4n) is 1.99. The molecule has 1 aliphatic heterocycles. The molecule has 2 rings (SSSR count). The molecule has 1 fully saturated rings. The van der Waals surface area contributed by atoms with Crippen molar-refractivity contribution in [2.24, 2.45) is 5.73 Å². The summed E-state index contributed by atoms with van der Waals surface area (Å²) in [6.07, 6.45) is -0.0427. The summed E-state index contributed by atoms with van der Waals surface area (Å²) >= 11 is 0. The number of hydrogen-bond donors (Lipinski definition) is 1. The third-order valence-electron chi connectivity index (χ3n) is 3.05. The van der Waals surface area contributed by atoms with E-state index in [4.69, 9.17) is 10.5 Å². The molecule has 0 aromatic heterocycles. The summed E-state index contributed by atoms with van der Waals surface area (Å²) < 4.78 is 5.54. The molecule has 4 heteroatoms. The minimum Gasteiger partial charge on any atom is -0.373 e. The molecule has 0 radical (unpaired) electrons. The number of benzene rings is 1. The van der Waals surface area contributed by atoms with E-state index in [1.165, 1.54) is 0 Å². The van der Waals surface area contributed by atoms with Gasteiger partial charge in [-0.05, 0) is 19.1 Å². The number of rotatable bonds is 2. The van der Waals surface area contributed by atoms with Crippen LogP contribution in [-0.2, 0) is 4.74 Å². The number of carbonyl (C=O) groups is 1. The molecule has 17 heavy (non-hydrogen) atoms. The quantitative estimate of drug-likeness (QED) is 0.826. The van der Waals surface area contributed by atoms with Gasteiger partial charge in [-0.3, -0.25) is 4.79 Å². The van der Waals surface area contributed by atoms with Crippen molar-refractivity contribution in [1.82, 2.24) is 4.90 Å². The third-order valence-corrected chi connectivity index (χ3v) is 3.05. The topological polar surface area (TPSA) is 55.6 Å². The molecular weight excluding hydrogens is 216 g/mol. The predicted molar refractivity (Wildman–Crippen MR) is 65.7 cm³/mol. The lowest BCUT2D eigenvalue weighted by molar-refractivity contribution is -0.0426. The Hall–Kier alpha value is -1.39. The van der Waals surface area contributed by atoms with Crippen LogP contribution in [0.3, 0.4) is 0 Å². The summed E-state index contributed by atoms with van der Waals surface area (Å²) in [5.74, 6) is 0.0554. The molecule has 2 N–H and O–H groups in total. The average Bonchev–Trinajstić information content (AvgIpc) is 2.39. The molecule has 2 atom stereocenters. The van der Waals surface area contributed by atoms with Crippen molar-refractivity contribution in [3.63, 3.8) is 0 Å². The van der Waals surface area contributed by atoms with Crippen LogP contribution in [0.5, 0.6) is 0 Å². The molecule has 1 saturated heterocycles. The van der Waals surface area contributed by atoms with Crippen LogP contribution in [0.15, 0.2) is 30.3 Å². The fraction of sp³-hybridized carbons (Fsp3) is 0.462. The van der Waals surface area contributed by atoms with Crippen LogP contribution in [0, 0.1) is 0 Å². The van der Waals surface area contributed by atoms with Gasteiger partial charge in [0.2, 0.25) is 0 Å². The summed E-state index contributed by atoms with van der Waals surface area (Å²) in [5, 5.41) is 0. The largest absolute Gasteiger partial charge is 0.373 e. The van der Waals surface area contributed by atoms with E-state index in [-0.39, 0.29) is 18.1 Å². The first kappa shape index (κ1) is 12.1. The van der Waals surface area contributed by atoms with E-state index in [0.717, 1.165) is 5.56 Å². The highest BCUT2D eigenvalue weighted by molar-refractivity contribution is 5.94. The number of nitrogens with two attached hydrogens (primary N) is 1. The summed E-state index contributed by atoms with van der Waals surface area (Å²) in [6, 6.07) is 9.43. The zero-order valence-electron chi connectivity index (χ0n) is 10.0. The molecule has 92 valence electrons. The second-order valence-corrected chi connectivity index (χ2v) is 4.36. The van der Waals surface area contributed by atoms with E-state index in [1.807, 2.05) is 42.2 Å². The molecule has 1 aliphatic rings. The van der Waals surface area contributed by atoms with E-state index in [2.05, 4.69) is 0 Å². The zero-order valence-corrected chi connectivity index (χ0v) is 10.0.